The Hall–Kier alpha value is -3.56. The Labute approximate surface area is 164 Å². The van der Waals surface area contributed by atoms with E-state index in [0.29, 0.717) is 5.69 Å². The van der Waals surface area contributed by atoms with Crippen LogP contribution in [-0.2, 0) is 9.59 Å². The van der Waals surface area contributed by atoms with E-state index >= 15 is 0 Å². The van der Waals surface area contributed by atoms with Crippen molar-refractivity contribution in [3.05, 3.63) is 59.9 Å². The molecule has 7 nitrogen and oxygen atoms in total. The topological polar surface area (TPSA) is 87.7 Å². The van der Waals surface area contributed by atoms with Gasteiger partial charge in [-0.25, -0.2) is 4.39 Å². The van der Waals surface area contributed by atoms with Gasteiger partial charge in [-0.2, -0.15) is 8.78 Å². The molecule has 0 saturated carbocycles. The third-order valence-electron chi connectivity index (χ3n) is 3.68. The van der Waals surface area contributed by atoms with Crippen LogP contribution in [0.2, 0.25) is 0 Å². The molecule has 0 spiro atoms. The number of benzene rings is 2. The predicted molar refractivity (Wildman–Crippen MR) is 98.1 cm³/mol. The van der Waals surface area contributed by atoms with E-state index in [9.17, 15) is 27.6 Å². The molecular formula is C19H18F3N3O4. The van der Waals surface area contributed by atoms with Crippen LogP contribution < -0.4 is 15.4 Å². The first-order valence-corrected chi connectivity index (χ1v) is 8.37. The Balaban J connectivity index is 1.86. The Kier molecular flexibility index (Phi) is 7.58. The van der Waals surface area contributed by atoms with E-state index in [-0.39, 0.29) is 17.9 Å². The Morgan fingerprint density at radius 2 is 1.72 bits per heavy atom. The van der Waals surface area contributed by atoms with E-state index in [1.54, 1.807) is 0 Å². The lowest BCUT2D eigenvalue weighted by Gasteiger charge is -2.17. The van der Waals surface area contributed by atoms with E-state index in [4.69, 9.17) is 0 Å². The molecule has 0 heterocycles. The van der Waals surface area contributed by atoms with Crippen molar-refractivity contribution in [1.82, 2.24) is 10.2 Å². The Morgan fingerprint density at radius 1 is 1.07 bits per heavy atom. The van der Waals surface area contributed by atoms with Gasteiger partial charge in [0, 0.05) is 12.7 Å². The third kappa shape index (κ3) is 6.83. The molecule has 0 fully saturated rings. The fourth-order valence-electron chi connectivity index (χ4n) is 2.28. The second kappa shape index (κ2) is 10.1. The number of hydrogen-bond acceptors (Lipinski definition) is 4. The van der Waals surface area contributed by atoms with E-state index in [1.807, 2.05) is 0 Å². The van der Waals surface area contributed by atoms with Crippen LogP contribution in [0.4, 0.5) is 18.9 Å². The highest BCUT2D eigenvalue weighted by atomic mass is 19.3. The average molecular weight is 409 g/mol. The average Bonchev–Trinajstić information content (AvgIpc) is 2.67. The van der Waals surface area contributed by atoms with Crippen molar-refractivity contribution in [2.24, 2.45) is 0 Å². The highest BCUT2D eigenvalue weighted by Gasteiger charge is 2.18. The molecule has 0 aliphatic rings. The van der Waals surface area contributed by atoms with E-state index in [0.717, 1.165) is 4.90 Å². The van der Waals surface area contributed by atoms with Crippen molar-refractivity contribution >= 4 is 23.4 Å². The maximum absolute atomic E-state index is 12.9. The van der Waals surface area contributed by atoms with Gasteiger partial charge in [0.15, 0.2) is 0 Å². The summed E-state index contributed by atoms with van der Waals surface area (Å²) in [5.74, 6) is -2.65. The first-order chi connectivity index (χ1) is 13.8. The van der Waals surface area contributed by atoms with Crippen LogP contribution in [0.15, 0.2) is 48.5 Å². The van der Waals surface area contributed by atoms with Gasteiger partial charge in [0.2, 0.25) is 11.8 Å². The fraction of sp³-hybridized carbons (Fsp3) is 0.211. The molecule has 10 heteroatoms. The zero-order valence-electron chi connectivity index (χ0n) is 15.3. The molecule has 29 heavy (non-hydrogen) atoms. The number of carbonyl (C=O) groups is 3. The number of nitrogens with one attached hydrogen (secondary N) is 2. The zero-order chi connectivity index (χ0) is 21.4. The monoisotopic (exact) mass is 409 g/mol. The number of carbonyl (C=O) groups excluding carboxylic acids is 3. The van der Waals surface area contributed by atoms with Crippen LogP contribution in [0.25, 0.3) is 0 Å². The Bertz CT molecular complexity index is 875. The van der Waals surface area contributed by atoms with E-state index in [2.05, 4.69) is 15.4 Å². The van der Waals surface area contributed by atoms with Crippen molar-refractivity contribution < 1.29 is 32.3 Å². The highest BCUT2D eigenvalue weighted by molar-refractivity contribution is 5.99. The molecule has 2 rings (SSSR count). The largest absolute Gasteiger partial charge is 0.434 e. The maximum Gasteiger partial charge on any atom is 0.387 e. The van der Waals surface area contributed by atoms with Gasteiger partial charge in [0.05, 0.1) is 18.7 Å². The number of anilines is 1. The minimum absolute atomic E-state index is 0.155. The summed E-state index contributed by atoms with van der Waals surface area (Å²) in [5.41, 5.74) is 0.207. The van der Waals surface area contributed by atoms with Crippen molar-refractivity contribution in [2.75, 3.05) is 25.5 Å². The quantitative estimate of drug-likeness (QED) is 0.700. The normalized spacial score (nSPS) is 10.4. The summed E-state index contributed by atoms with van der Waals surface area (Å²) >= 11 is 0. The molecule has 2 N–H and O–H groups in total. The smallest absolute Gasteiger partial charge is 0.387 e. The van der Waals surface area contributed by atoms with Crippen LogP contribution in [0, 0.1) is 5.82 Å². The third-order valence-corrected chi connectivity index (χ3v) is 3.68. The lowest BCUT2D eigenvalue weighted by atomic mass is 10.2. The van der Waals surface area contributed by atoms with Crippen LogP contribution in [-0.4, -0.2) is 49.4 Å². The van der Waals surface area contributed by atoms with E-state index in [1.165, 1.54) is 55.6 Å². The summed E-state index contributed by atoms with van der Waals surface area (Å²) in [4.78, 5) is 37.3. The molecule has 154 valence electrons. The second-order valence-corrected chi connectivity index (χ2v) is 5.86. The lowest BCUT2D eigenvalue weighted by Crippen LogP contribution is -2.41. The van der Waals surface area contributed by atoms with Crippen LogP contribution in [0.1, 0.15) is 10.4 Å². The van der Waals surface area contributed by atoms with Crippen molar-refractivity contribution in [1.29, 1.82) is 0 Å². The molecule has 0 aromatic heterocycles. The summed E-state index contributed by atoms with van der Waals surface area (Å²) in [6.07, 6.45) is 0. The number of amides is 3. The van der Waals surface area contributed by atoms with Crippen molar-refractivity contribution in [3.63, 3.8) is 0 Å². The minimum Gasteiger partial charge on any atom is -0.434 e. The summed E-state index contributed by atoms with van der Waals surface area (Å²) in [7, 11) is 1.35. The molecule has 0 aliphatic heterocycles. The first-order valence-electron chi connectivity index (χ1n) is 8.37. The number of ether oxygens (including phenoxy) is 1. The molecule has 0 bridgehead atoms. The molecule has 3 amide bonds. The minimum atomic E-state index is -3.10. The molecule has 0 saturated heterocycles. The van der Waals surface area contributed by atoms with Crippen molar-refractivity contribution in [3.8, 4) is 5.75 Å². The number of halogens is 3. The lowest BCUT2D eigenvalue weighted by molar-refractivity contribution is -0.132. The zero-order valence-corrected chi connectivity index (χ0v) is 15.3. The molecule has 0 atom stereocenters. The van der Waals surface area contributed by atoms with Crippen LogP contribution in [0.3, 0.4) is 0 Å². The number of alkyl halides is 2. The fourth-order valence-corrected chi connectivity index (χ4v) is 2.28. The standard InChI is InChI=1S/C19H18F3N3O4/c1-25(11-16(26)24-13-8-6-12(20)7-9-13)17(27)10-23-18(28)14-4-2-3-5-15(14)29-19(21)22/h2-9,19H,10-11H2,1H3,(H,23,28)(H,24,26). The van der Waals surface area contributed by atoms with E-state index < -0.39 is 36.7 Å². The van der Waals surface area contributed by atoms with Gasteiger partial charge in [0.25, 0.3) is 5.91 Å². The summed E-state index contributed by atoms with van der Waals surface area (Å²) in [5, 5.41) is 4.79. The van der Waals surface area contributed by atoms with Crippen LogP contribution >= 0.6 is 0 Å². The molecule has 0 aliphatic carbocycles. The number of likely N-dealkylation sites (N-methyl/N-ethyl adjacent to an activating group) is 1. The summed E-state index contributed by atoms with van der Waals surface area (Å²) in [6, 6.07) is 10.5. The molecule has 2 aromatic carbocycles. The predicted octanol–water partition coefficient (Wildman–Crippen LogP) is 2.25. The first kappa shape index (κ1) is 21.7. The van der Waals surface area contributed by atoms with Gasteiger partial charge in [0.1, 0.15) is 11.6 Å². The highest BCUT2D eigenvalue weighted by Crippen LogP contribution is 2.20. The Morgan fingerprint density at radius 3 is 2.38 bits per heavy atom. The number of nitrogens with zero attached hydrogens (tertiary/aromatic N) is 1. The molecule has 2 aromatic rings. The van der Waals surface area contributed by atoms with Gasteiger partial charge >= 0.3 is 6.61 Å². The number of rotatable bonds is 8. The summed E-state index contributed by atoms with van der Waals surface area (Å²) in [6.45, 7) is -3.87. The summed E-state index contributed by atoms with van der Waals surface area (Å²) < 4.78 is 41.9. The van der Waals surface area contributed by atoms with Crippen molar-refractivity contribution in [2.45, 2.75) is 6.61 Å². The molecule has 0 radical (unpaired) electrons. The van der Waals surface area contributed by atoms with Gasteiger partial charge in [-0.15, -0.1) is 0 Å². The number of hydrogen-bond donors (Lipinski definition) is 2. The SMILES string of the molecule is CN(CC(=O)Nc1ccc(F)cc1)C(=O)CNC(=O)c1ccccc1OC(F)F. The van der Waals surface area contributed by atoms with Gasteiger partial charge < -0.3 is 20.3 Å². The number of para-hydroxylation sites is 1. The maximum atomic E-state index is 12.9. The second-order valence-electron chi connectivity index (χ2n) is 5.86. The van der Waals surface area contributed by atoms with Gasteiger partial charge in [-0.05, 0) is 36.4 Å². The molecule has 0 unspecified atom stereocenters. The molecular weight excluding hydrogens is 391 g/mol. The van der Waals surface area contributed by atoms with Gasteiger partial charge in [-0.1, -0.05) is 12.1 Å². The van der Waals surface area contributed by atoms with Gasteiger partial charge in [-0.3, -0.25) is 14.4 Å². The van der Waals surface area contributed by atoms with Crippen LogP contribution in [0.5, 0.6) is 5.75 Å².